The van der Waals surface area contributed by atoms with Gasteiger partial charge in [-0.15, -0.1) is 0 Å². The molecule has 0 saturated carbocycles. The predicted molar refractivity (Wildman–Crippen MR) is 78.5 cm³/mol. The maximum absolute atomic E-state index is 12.7. The van der Waals surface area contributed by atoms with Crippen LogP contribution in [0.15, 0.2) is 46.0 Å². The van der Waals surface area contributed by atoms with Gasteiger partial charge in [0.2, 0.25) is 0 Å². The number of pyridine rings is 1. The first-order valence-corrected chi connectivity index (χ1v) is 6.82. The lowest BCUT2D eigenvalue weighted by molar-refractivity contribution is 0.195. The van der Waals surface area contributed by atoms with Crippen LogP contribution in [-0.2, 0) is 6.54 Å². The molecule has 0 bridgehead atoms. The van der Waals surface area contributed by atoms with Crippen LogP contribution >= 0.6 is 15.9 Å². The summed E-state index contributed by atoms with van der Waals surface area (Å²) in [6, 6.07) is 3.34. The molecule has 0 aliphatic heterocycles. The van der Waals surface area contributed by atoms with E-state index in [0.717, 1.165) is 4.68 Å². The molecule has 2 aromatic rings. The van der Waals surface area contributed by atoms with E-state index in [1.54, 1.807) is 12.1 Å². The molecule has 8 nitrogen and oxygen atoms in total. The maximum Gasteiger partial charge on any atom is 0.404 e. The average molecular weight is 372 g/mol. The van der Waals surface area contributed by atoms with E-state index in [4.69, 9.17) is 5.11 Å². The molecule has 2 heterocycles. The highest BCUT2D eigenvalue weighted by molar-refractivity contribution is 9.10. The summed E-state index contributed by atoms with van der Waals surface area (Å²) in [5.74, 6) is 0. The van der Waals surface area contributed by atoms with Crippen molar-refractivity contribution in [1.82, 2.24) is 24.6 Å². The molecule has 2 N–H and O–H groups in total. The van der Waals surface area contributed by atoms with Gasteiger partial charge in [0.1, 0.15) is 10.9 Å². The van der Waals surface area contributed by atoms with Gasteiger partial charge in [0.25, 0.3) is 0 Å². The van der Waals surface area contributed by atoms with E-state index < -0.39 is 11.8 Å². The van der Waals surface area contributed by atoms with Gasteiger partial charge in [0, 0.05) is 6.54 Å². The minimum atomic E-state index is -1.28. The SMILES string of the molecule is O=C(O)NC/C(=C/F)Cn1ncn(-c2ccc(Br)nc2)c1=O. The van der Waals surface area contributed by atoms with Crippen LogP contribution in [0, 0.1) is 0 Å². The Morgan fingerprint density at radius 2 is 2.27 bits per heavy atom. The summed E-state index contributed by atoms with van der Waals surface area (Å²) >= 11 is 3.19. The summed E-state index contributed by atoms with van der Waals surface area (Å²) in [7, 11) is 0. The fraction of sp³-hybridized carbons (Fsp3) is 0.167. The van der Waals surface area contributed by atoms with Gasteiger partial charge >= 0.3 is 11.8 Å². The van der Waals surface area contributed by atoms with Crippen LogP contribution in [0.3, 0.4) is 0 Å². The number of amides is 1. The van der Waals surface area contributed by atoms with Crippen molar-refractivity contribution in [3.05, 3.63) is 51.6 Å². The predicted octanol–water partition coefficient (Wildman–Crippen LogP) is 1.31. The molecular weight excluding hydrogens is 361 g/mol. The quantitative estimate of drug-likeness (QED) is 0.771. The minimum Gasteiger partial charge on any atom is -0.465 e. The van der Waals surface area contributed by atoms with Crippen molar-refractivity contribution in [2.75, 3.05) is 6.54 Å². The number of carbonyl (C=O) groups is 1. The minimum absolute atomic E-state index is 0.0729. The van der Waals surface area contributed by atoms with Crippen LogP contribution in [-0.4, -0.2) is 37.1 Å². The Balaban J connectivity index is 2.19. The highest BCUT2D eigenvalue weighted by Crippen LogP contribution is 2.08. The Morgan fingerprint density at radius 1 is 1.50 bits per heavy atom. The zero-order valence-corrected chi connectivity index (χ0v) is 12.7. The Bertz CT molecular complexity index is 753. The highest BCUT2D eigenvalue weighted by Gasteiger charge is 2.10. The lowest BCUT2D eigenvalue weighted by Gasteiger charge is -2.05. The fourth-order valence-corrected chi connectivity index (χ4v) is 1.88. The largest absolute Gasteiger partial charge is 0.465 e. The summed E-state index contributed by atoms with van der Waals surface area (Å²) in [6.07, 6.45) is 1.74. The maximum atomic E-state index is 12.7. The van der Waals surface area contributed by atoms with Crippen molar-refractivity contribution in [2.45, 2.75) is 6.54 Å². The van der Waals surface area contributed by atoms with Gasteiger partial charge in [-0.2, -0.15) is 5.10 Å². The zero-order valence-electron chi connectivity index (χ0n) is 11.1. The Morgan fingerprint density at radius 3 is 2.86 bits per heavy atom. The van der Waals surface area contributed by atoms with Crippen LogP contribution in [0.5, 0.6) is 0 Å². The van der Waals surface area contributed by atoms with E-state index in [1.807, 2.05) is 5.32 Å². The zero-order chi connectivity index (χ0) is 16.1. The molecule has 2 rings (SSSR count). The monoisotopic (exact) mass is 371 g/mol. The lowest BCUT2D eigenvalue weighted by atomic mass is 10.3. The van der Waals surface area contributed by atoms with Crippen molar-refractivity contribution in [3.8, 4) is 5.69 Å². The van der Waals surface area contributed by atoms with E-state index in [0.29, 0.717) is 10.3 Å². The molecule has 0 radical (unpaired) electrons. The van der Waals surface area contributed by atoms with Gasteiger partial charge < -0.3 is 10.4 Å². The first-order valence-electron chi connectivity index (χ1n) is 6.02. The molecule has 0 unspecified atom stereocenters. The van der Waals surface area contributed by atoms with Crippen molar-refractivity contribution in [1.29, 1.82) is 0 Å². The molecule has 1 amide bonds. The van der Waals surface area contributed by atoms with Crippen LogP contribution in [0.25, 0.3) is 5.69 Å². The van der Waals surface area contributed by atoms with Gasteiger partial charge in [-0.25, -0.2) is 28.2 Å². The molecular formula is C12H11BrFN5O3. The van der Waals surface area contributed by atoms with Crippen molar-refractivity contribution in [2.24, 2.45) is 0 Å². The van der Waals surface area contributed by atoms with Crippen molar-refractivity contribution >= 4 is 22.0 Å². The number of carboxylic acid groups (broad SMARTS) is 1. The molecule has 0 atom stereocenters. The molecule has 22 heavy (non-hydrogen) atoms. The van der Waals surface area contributed by atoms with Gasteiger partial charge in [-0.3, -0.25) is 0 Å². The number of nitrogens with zero attached hydrogens (tertiary/aromatic N) is 4. The summed E-state index contributed by atoms with van der Waals surface area (Å²) in [5, 5.41) is 14.4. The van der Waals surface area contributed by atoms with E-state index >= 15 is 0 Å². The number of halogens is 2. The topological polar surface area (TPSA) is 102 Å². The third-order valence-corrected chi connectivity index (χ3v) is 3.17. The molecule has 0 aromatic carbocycles. The van der Waals surface area contributed by atoms with Gasteiger partial charge in [-0.05, 0) is 33.6 Å². The normalized spacial score (nSPS) is 11.5. The average Bonchev–Trinajstić information content (AvgIpc) is 2.85. The van der Waals surface area contributed by atoms with Gasteiger partial charge in [0.15, 0.2) is 0 Å². The smallest absolute Gasteiger partial charge is 0.404 e. The molecule has 0 aliphatic rings. The second-order valence-corrected chi connectivity index (χ2v) is 5.02. The molecule has 2 aromatic heterocycles. The fourth-order valence-electron chi connectivity index (χ4n) is 1.64. The molecule has 116 valence electrons. The highest BCUT2D eigenvalue weighted by atomic mass is 79.9. The van der Waals surface area contributed by atoms with Crippen molar-refractivity contribution in [3.63, 3.8) is 0 Å². The second-order valence-electron chi connectivity index (χ2n) is 4.21. The molecule has 0 spiro atoms. The summed E-state index contributed by atoms with van der Waals surface area (Å²) < 4.78 is 15.6. The Kier molecular flexibility index (Phi) is 5.04. The van der Waals surface area contributed by atoms with E-state index in [9.17, 15) is 14.0 Å². The molecule has 0 aliphatic carbocycles. The second kappa shape index (κ2) is 6.98. The van der Waals surface area contributed by atoms with Gasteiger partial charge in [0.05, 0.1) is 24.8 Å². The van der Waals surface area contributed by atoms with E-state index in [-0.39, 0.29) is 25.0 Å². The van der Waals surface area contributed by atoms with Crippen LogP contribution in [0.2, 0.25) is 0 Å². The van der Waals surface area contributed by atoms with Gasteiger partial charge in [-0.1, -0.05) is 0 Å². The number of hydrogen-bond donors (Lipinski definition) is 2. The molecule has 0 saturated heterocycles. The lowest BCUT2D eigenvalue weighted by Crippen LogP contribution is -2.29. The number of aromatic nitrogens is 4. The van der Waals surface area contributed by atoms with E-state index in [1.165, 1.54) is 17.1 Å². The standard InChI is InChI=1S/C12H11BrFN5O3/c13-10-2-1-9(5-15-10)18-7-17-19(12(18)22)6-8(3-14)4-16-11(20)21/h1-3,5,7,16H,4,6H2,(H,20,21)/b8-3-. The molecule has 0 fully saturated rings. The number of nitrogens with one attached hydrogen (secondary N) is 1. The Hall–Kier alpha value is -2.49. The molecule has 10 heteroatoms. The van der Waals surface area contributed by atoms with Crippen molar-refractivity contribution < 1.29 is 14.3 Å². The third-order valence-electron chi connectivity index (χ3n) is 2.70. The van der Waals surface area contributed by atoms with E-state index in [2.05, 4.69) is 26.0 Å². The number of rotatable bonds is 5. The first-order chi connectivity index (χ1) is 10.5. The summed E-state index contributed by atoms with van der Waals surface area (Å²) in [6.45, 7) is -0.391. The summed E-state index contributed by atoms with van der Waals surface area (Å²) in [4.78, 5) is 26.6. The van der Waals surface area contributed by atoms with Crippen LogP contribution in [0.1, 0.15) is 0 Å². The van der Waals surface area contributed by atoms with Crippen LogP contribution in [0.4, 0.5) is 9.18 Å². The number of hydrogen-bond acceptors (Lipinski definition) is 4. The van der Waals surface area contributed by atoms with Crippen LogP contribution < -0.4 is 11.0 Å². The summed E-state index contributed by atoms with van der Waals surface area (Å²) in [5.41, 5.74) is 0.0939. The first kappa shape index (κ1) is 15.9. The Labute approximate surface area is 132 Å². The third kappa shape index (κ3) is 3.79.